The Balaban J connectivity index is 1.21. The first kappa shape index (κ1) is 31.0. The molecule has 10 aromatic rings. The van der Waals surface area contributed by atoms with E-state index in [0.717, 1.165) is 50.0 Å². The molecule has 4 nitrogen and oxygen atoms in total. The van der Waals surface area contributed by atoms with E-state index in [4.69, 9.17) is 14.4 Å². The Morgan fingerprint density at radius 3 is 1.73 bits per heavy atom. The van der Waals surface area contributed by atoms with Crippen LogP contribution in [0.3, 0.4) is 0 Å². The lowest BCUT2D eigenvalue weighted by Crippen LogP contribution is -2.29. The Labute approximate surface area is 323 Å². The van der Waals surface area contributed by atoms with Crippen molar-refractivity contribution in [3.63, 3.8) is 0 Å². The van der Waals surface area contributed by atoms with Crippen molar-refractivity contribution in [3.05, 3.63) is 211 Å². The van der Waals surface area contributed by atoms with Crippen LogP contribution in [0.2, 0.25) is 0 Å². The Bertz CT molecular complexity index is 3140. The maximum absolute atomic E-state index is 6.66. The van der Waals surface area contributed by atoms with Gasteiger partial charge >= 0.3 is 0 Å². The fraction of sp³-hybridized carbons (Fsp3) is 0.0192. The van der Waals surface area contributed by atoms with Crippen LogP contribution in [0.4, 0.5) is 0 Å². The number of pyridine rings is 1. The van der Waals surface area contributed by atoms with Gasteiger partial charge in [0.15, 0.2) is 5.82 Å². The SMILES string of the molecule is c1ccc(-c2nc(-c3cccnc3)cc(-c3ccc4c(c3)C3(c5ccccc5-c5ccccc5-4)c4ccccc4-c4cc5c(cc43)oc3ccccc35)n2)cc1. The zero-order valence-electron chi connectivity index (χ0n) is 30.1. The van der Waals surface area contributed by atoms with E-state index in [1.165, 1.54) is 55.6 Å². The van der Waals surface area contributed by atoms with Crippen LogP contribution in [0.1, 0.15) is 22.3 Å². The van der Waals surface area contributed by atoms with Crippen molar-refractivity contribution in [2.45, 2.75) is 5.41 Å². The average Bonchev–Trinajstić information content (AvgIpc) is 3.75. The minimum atomic E-state index is -0.679. The number of aromatic nitrogens is 3. The van der Waals surface area contributed by atoms with Crippen LogP contribution in [0.25, 0.3) is 89.2 Å². The third kappa shape index (κ3) is 4.32. The predicted molar refractivity (Wildman–Crippen MR) is 225 cm³/mol. The zero-order valence-corrected chi connectivity index (χ0v) is 30.1. The van der Waals surface area contributed by atoms with Crippen molar-refractivity contribution in [2.24, 2.45) is 0 Å². The van der Waals surface area contributed by atoms with E-state index in [2.05, 4.69) is 151 Å². The number of furan rings is 1. The van der Waals surface area contributed by atoms with E-state index < -0.39 is 5.41 Å². The molecule has 3 heterocycles. The third-order valence-electron chi connectivity index (χ3n) is 11.8. The van der Waals surface area contributed by atoms with E-state index in [0.29, 0.717) is 5.82 Å². The van der Waals surface area contributed by atoms with Gasteiger partial charge in [0.1, 0.15) is 11.2 Å². The van der Waals surface area contributed by atoms with E-state index in [-0.39, 0.29) is 0 Å². The highest BCUT2D eigenvalue weighted by Gasteiger charge is 2.50. The topological polar surface area (TPSA) is 51.8 Å². The zero-order chi connectivity index (χ0) is 36.8. The maximum atomic E-state index is 6.66. The standard InChI is InChI=1S/C52H31N3O/c1-2-13-32(14-3-1)51-54-47(30-48(55-51)34-15-12-26-53-31-34)33-24-25-39-36-17-5-4-16-35(36)37-18-6-9-21-43(37)52(45(39)27-33)44-22-10-7-19-38(44)41-28-42-40-20-8-11-23-49(40)56-50(42)29-46(41)52/h1-31H. The first-order valence-electron chi connectivity index (χ1n) is 19.0. The quantitative estimate of drug-likeness (QED) is 0.183. The molecule has 0 fully saturated rings. The third-order valence-corrected chi connectivity index (χ3v) is 11.8. The summed E-state index contributed by atoms with van der Waals surface area (Å²) in [5.74, 6) is 0.672. The molecule has 1 atom stereocenters. The molecule has 7 aromatic carbocycles. The summed E-state index contributed by atoms with van der Waals surface area (Å²) in [7, 11) is 0. The average molecular weight is 714 g/mol. The van der Waals surface area contributed by atoms with Crippen molar-refractivity contribution < 1.29 is 4.42 Å². The van der Waals surface area contributed by atoms with Crippen molar-refractivity contribution in [2.75, 3.05) is 0 Å². The van der Waals surface area contributed by atoms with Gasteiger partial charge in [-0.05, 0) is 98.1 Å². The van der Waals surface area contributed by atoms with Gasteiger partial charge in [-0.2, -0.15) is 0 Å². The molecule has 2 aliphatic rings. The maximum Gasteiger partial charge on any atom is 0.160 e. The molecule has 3 aromatic heterocycles. The summed E-state index contributed by atoms with van der Waals surface area (Å²) < 4.78 is 6.66. The van der Waals surface area contributed by atoms with E-state index in [1.54, 1.807) is 6.20 Å². The molecule has 1 spiro atoms. The molecular weight excluding hydrogens is 683 g/mol. The van der Waals surface area contributed by atoms with Gasteiger partial charge in [-0.15, -0.1) is 0 Å². The van der Waals surface area contributed by atoms with Gasteiger partial charge in [0.05, 0.1) is 16.8 Å². The predicted octanol–water partition coefficient (Wildman–Crippen LogP) is 12.8. The second-order valence-electron chi connectivity index (χ2n) is 14.7. The molecular formula is C52H31N3O. The number of rotatable bonds is 3. The lowest BCUT2D eigenvalue weighted by Gasteiger charge is -2.35. The number of hydrogen-bond acceptors (Lipinski definition) is 4. The summed E-state index contributed by atoms with van der Waals surface area (Å²) in [5, 5.41) is 2.25. The van der Waals surface area contributed by atoms with Crippen LogP contribution in [0.15, 0.2) is 193 Å². The highest BCUT2D eigenvalue weighted by Crippen LogP contribution is 2.62. The minimum absolute atomic E-state index is 0.672. The van der Waals surface area contributed by atoms with Gasteiger partial charge < -0.3 is 4.42 Å². The van der Waals surface area contributed by atoms with E-state index in [9.17, 15) is 0 Å². The molecule has 0 amide bonds. The summed E-state index contributed by atoms with van der Waals surface area (Å²) in [6, 6.07) is 63.1. The first-order chi connectivity index (χ1) is 27.8. The van der Waals surface area contributed by atoms with Crippen LogP contribution in [0.5, 0.6) is 0 Å². The second-order valence-corrected chi connectivity index (χ2v) is 14.7. The van der Waals surface area contributed by atoms with Gasteiger partial charge in [-0.1, -0.05) is 133 Å². The van der Waals surface area contributed by atoms with Gasteiger partial charge in [-0.3, -0.25) is 4.98 Å². The molecule has 0 bridgehead atoms. The summed E-state index contributed by atoms with van der Waals surface area (Å²) >= 11 is 0. The number of nitrogens with zero attached hydrogens (tertiary/aromatic N) is 3. The van der Waals surface area contributed by atoms with Gasteiger partial charge in [0, 0.05) is 39.9 Å². The van der Waals surface area contributed by atoms with Crippen molar-refractivity contribution >= 4 is 21.9 Å². The molecule has 0 radical (unpaired) electrons. The smallest absolute Gasteiger partial charge is 0.160 e. The second kappa shape index (κ2) is 11.8. The highest BCUT2D eigenvalue weighted by atomic mass is 16.3. The Hall–Kier alpha value is -7.43. The molecule has 2 aliphatic carbocycles. The van der Waals surface area contributed by atoms with Gasteiger partial charge in [0.25, 0.3) is 0 Å². The lowest BCUT2D eigenvalue weighted by molar-refractivity contribution is 0.666. The number of para-hydroxylation sites is 1. The van der Waals surface area contributed by atoms with Gasteiger partial charge in [-0.25, -0.2) is 9.97 Å². The molecule has 12 rings (SSSR count). The summed E-state index contributed by atoms with van der Waals surface area (Å²) in [4.78, 5) is 14.8. The highest BCUT2D eigenvalue weighted by molar-refractivity contribution is 6.09. The first-order valence-corrected chi connectivity index (χ1v) is 19.0. The summed E-state index contributed by atoms with van der Waals surface area (Å²) in [6.45, 7) is 0. The molecule has 1 unspecified atom stereocenters. The summed E-state index contributed by atoms with van der Waals surface area (Å²) in [5.41, 5.74) is 17.9. The largest absolute Gasteiger partial charge is 0.456 e. The Kier molecular flexibility index (Phi) is 6.52. The fourth-order valence-electron chi connectivity index (χ4n) is 9.44. The van der Waals surface area contributed by atoms with Crippen molar-refractivity contribution in [3.8, 4) is 67.3 Å². The molecule has 260 valence electrons. The number of fused-ring (bicyclic) bond motifs is 15. The normalized spacial score (nSPS) is 14.9. The number of benzene rings is 7. The Morgan fingerprint density at radius 1 is 0.375 bits per heavy atom. The molecule has 0 N–H and O–H groups in total. The van der Waals surface area contributed by atoms with Crippen LogP contribution >= 0.6 is 0 Å². The van der Waals surface area contributed by atoms with Crippen molar-refractivity contribution in [1.82, 2.24) is 15.0 Å². The molecule has 56 heavy (non-hydrogen) atoms. The van der Waals surface area contributed by atoms with Crippen LogP contribution < -0.4 is 0 Å². The van der Waals surface area contributed by atoms with Crippen molar-refractivity contribution in [1.29, 1.82) is 0 Å². The van der Waals surface area contributed by atoms with Crippen LogP contribution in [0, 0.1) is 0 Å². The lowest BCUT2D eigenvalue weighted by atomic mass is 9.65. The van der Waals surface area contributed by atoms with Crippen LogP contribution in [-0.4, -0.2) is 15.0 Å². The van der Waals surface area contributed by atoms with Crippen LogP contribution in [-0.2, 0) is 5.41 Å². The van der Waals surface area contributed by atoms with Gasteiger partial charge in [0.2, 0.25) is 0 Å². The number of hydrogen-bond donors (Lipinski definition) is 0. The molecule has 4 heteroatoms. The van der Waals surface area contributed by atoms with E-state index >= 15 is 0 Å². The summed E-state index contributed by atoms with van der Waals surface area (Å²) in [6.07, 6.45) is 3.66. The van der Waals surface area contributed by atoms with E-state index in [1.807, 2.05) is 36.5 Å². The fourth-order valence-corrected chi connectivity index (χ4v) is 9.44. The molecule has 0 aliphatic heterocycles. The minimum Gasteiger partial charge on any atom is -0.456 e. The molecule has 0 saturated heterocycles. The monoisotopic (exact) mass is 713 g/mol. The molecule has 0 saturated carbocycles. The Morgan fingerprint density at radius 2 is 0.982 bits per heavy atom.